The zero-order valence-corrected chi connectivity index (χ0v) is 66.7. The molecule has 564 valence electrons. The molecule has 0 spiro atoms. The molecular formula is C110H84N8. The van der Waals surface area contributed by atoms with E-state index in [4.69, 9.17) is 29.9 Å². The van der Waals surface area contributed by atoms with Gasteiger partial charge in [-0.05, 0) is 162 Å². The smallest absolute Gasteiger partial charge is 0.166 e. The monoisotopic (exact) mass is 1520 g/mol. The Morgan fingerprint density at radius 3 is 0.703 bits per heavy atom. The molecule has 0 saturated carbocycles. The largest absolute Gasteiger partial charge is 0.309 e. The van der Waals surface area contributed by atoms with E-state index in [9.17, 15) is 0 Å². The van der Waals surface area contributed by atoms with Gasteiger partial charge in [-0.2, -0.15) is 0 Å². The van der Waals surface area contributed by atoms with Crippen molar-refractivity contribution in [2.24, 2.45) is 0 Å². The number of rotatable bonds is 14. The van der Waals surface area contributed by atoms with E-state index in [0.29, 0.717) is 34.9 Å². The molecule has 0 aliphatic heterocycles. The van der Waals surface area contributed by atoms with Gasteiger partial charge in [0.25, 0.3) is 0 Å². The fourth-order valence-corrected chi connectivity index (χ4v) is 16.3. The Hall–Kier alpha value is -14.9. The van der Waals surface area contributed by atoms with Crippen LogP contribution in [0.1, 0.15) is 52.7 Å². The molecule has 0 aliphatic carbocycles. The topological polar surface area (TPSA) is 87.2 Å². The van der Waals surface area contributed by atoms with Crippen molar-refractivity contribution in [1.29, 1.82) is 0 Å². The number of nitrogens with zero attached hydrogens (tertiary/aromatic N) is 8. The van der Waals surface area contributed by atoms with Gasteiger partial charge in [0, 0.05) is 54.9 Å². The molecule has 16 aromatic carbocycles. The molecule has 0 N–H and O–H groups in total. The van der Waals surface area contributed by atoms with Gasteiger partial charge in [-0.15, -0.1) is 0 Å². The zero-order valence-electron chi connectivity index (χ0n) is 66.7. The molecule has 118 heavy (non-hydrogen) atoms. The van der Waals surface area contributed by atoms with Crippen molar-refractivity contribution in [2.45, 2.75) is 52.4 Å². The quantitative estimate of drug-likeness (QED) is 0.108. The highest BCUT2D eigenvalue weighted by atomic mass is 15.1. The highest BCUT2D eigenvalue weighted by Crippen LogP contribution is 2.46. The van der Waals surface area contributed by atoms with Crippen LogP contribution >= 0.6 is 0 Å². The van der Waals surface area contributed by atoms with Crippen molar-refractivity contribution in [2.75, 3.05) is 0 Å². The van der Waals surface area contributed by atoms with Crippen LogP contribution in [0.25, 0.3) is 190 Å². The fraction of sp³-hybridized carbons (Fsp3) is 0.0727. The average molecular weight is 1520 g/mol. The van der Waals surface area contributed by atoms with E-state index in [0.717, 1.165) is 89.1 Å². The van der Waals surface area contributed by atoms with Gasteiger partial charge in [-0.3, -0.25) is 0 Å². The molecule has 0 aliphatic rings. The minimum Gasteiger partial charge on any atom is -0.309 e. The van der Waals surface area contributed by atoms with Crippen LogP contribution in [-0.2, 0) is 10.8 Å². The predicted octanol–water partition coefficient (Wildman–Crippen LogP) is 28.5. The molecule has 0 radical (unpaired) electrons. The van der Waals surface area contributed by atoms with Gasteiger partial charge < -0.3 is 9.13 Å². The minimum atomic E-state index is -0.0156. The van der Waals surface area contributed by atoms with Gasteiger partial charge in [0.15, 0.2) is 34.9 Å². The molecule has 8 nitrogen and oxygen atoms in total. The number of hydrogen-bond acceptors (Lipinski definition) is 6. The van der Waals surface area contributed by atoms with Crippen LogP contribution in [0.3, 0.4) is 0 Å². The zero-order chi connectivity index (χ0) is 79.9. The second-order valence-electron chi connectivity index (χ2n) is 32.2. The summed E-state index contributed by atoms with van der Waals surface area (Å²) in [5.41, 5.74) is 28.4. The third-order valence-electron chi connectivity index (χ3n) is 22.5. The van der Waals surface area contributed by atoms with Crippen molar-refractivity contribution >= 4 is 43.6 Å². The Kier molecular flexibility index (Phi) is 19.4. The third-order valence-corrected chi connectivity index (χ3v) is 22.5. The van der Waals surface area contributed by atoms with Gasteiger partial charge in [0.05, 0.1) is 33.4 Å². The molecule has 0 fully saturated rings. The number of fused-ring (bicyclic) bond motifs is 6. The van der Waals surface area contributed by atoms with Gasteiger partial charge in [-0.1, -0.05) is 369 Å². The van der Waals surface area contributed by atoms with Crippen LogP contribution in [0.15, 0.2) is 400 Å². The summed E-state index contributed by atoms with van der Waals surface area (Å²) in [6.07, 6.45) is 0. The molecule has 20 rings (SSSR count). The van der Waals surface area contributed by atoms with E-state index in [1.54, 1.807) is 0 Å². The first-order valence-corrected chi connectivity index (χ1v) is 40.4. The average Bonchev–Trinajstić information content (AvgIpc) is 1.57. The van der Waals surface area contributed by atoms with E-state index < -0.39 is 0 Å². The number of aromatic nitrogens is 8. The summed E-state index contributed by atoms with van der Waals surface area (Å²) in [6, 6.07) is 142. The lowest BCUT2D eigenvalue weighted by molar-refractivity contribution is 0.590. The van der Waals surface area contributed by atoms with Crippen LogP contribution in [-0.4, -0.2) is 39.0 Å². The molecule has 0 atom stereocenters. The number of hydrogen-bond donors (Lipinski definition) is 0. The summed E-state index contributed by atoms with van der Waals surface area (Å²) in [4.78, 5) is 31.3. The maximum atomic E-state index is 5.34. The highest BCUT2D eigenvalue weighted by molar-refractivity contribution is 6.12. The Morgan fingerprint density at radius 1 is 0.169 bits per heavy atom. The Morgan fingerprint density at radius 2 is 0.407 bits per heavy atom. The molecule has 0 saturated heterocycles. The molecule has 0 unspecified atom stereocenters. The van der Waals surface area contributed by atoms with E-state index in [1.165, 1.54) is 77.2 Å². The lowest BCUT2D eigenvalue weighted by atomic mass is 9.85. The molecule has 20 aromatic rings. The summed E-state index contributed by atoms with van der Waals surface area (Å²) in [6.45, 7) is 13.7. The molecule has 0 amide bonds. The standard InChI is InChI=1S/C59H50N4.C51H34N4/c1-58(2,3)45-29-33-52-49(37-45)50-38-46(59(4,5)6)30-34-53(50)63(52)54-32-28-44(43-27-31-47(39-19-11-7-12-20-39)48(35-43)40-21-13-8-14-22-40)36-51(54)57-61-55(41-23-15-9-16-24-41)60-56(62-57)42-25-17-10-18-26-42;1-5-17-35(18-6-1)41-31-29-39(33-44(41)36-19-7-2-8-20-36)40-30-32-48(55-46-27-15-13-25-42(46)43-26-14-16-28-47(43)55)45(34-40)51-53-49(37-21-9-3-10-22-37)52-50(54-51)38-23-11-4-12-24-38/h7-38H,1-6H3;1-34H. The maximum Gasteiger partial charge on any atom is 0.166 e. The van der Waals surface area contributed by atoms with Crippen LogP contribution in [0, 0.1) is 0 Å². The summed E-state index contributed by atoms with van der Waals surface area (Å²) < 4.78 is 4.77. The van der Waals surface area contributed by atoms with Crippen LogP contribution in [0.5, 0.6) is 0 Å². The fourth-order valence-electron chi connectivity index (χ4n) is 16.3. The van der Waals surface area contributed by atoms with Crippen molar-refractivity contribution in [3.8, 4) is 146 Å². The summed E-state index contributed by atoms with van der Waals surface area (Å²) in [7, 11) is 0. The summed E-state index contributed by atoms with van der Waals surface area (Å²) in [5.74, 6) is 3.72. The number of benzene rings is 16. The highest BCUT2D eigenvalue weighted by Gasteiger charge is 2.27. The van der Waals surface area contributed by atoms with Crippen molar-refractivity contribution in [3.05, 3.63) is 412 Å². The first-order valence-electron chi connectivity index (χ1n) is 40.4. The van der Waals surface area contributed by atoms with E-state index in [2.05, 4.69) is 378 Å². The third kappa shape index (κ3) is 14.4. The van der Waals surface area contributed by atoms with Gasteiger partial charge in [0.1, 0.15) is 0 Å². The molecule has 8 heteroatoms. The second-order valence-corrected chi connectivity index (χ2v) is 32.2. The van der Waals surface area contributed by atoms with Crippen molar-refractivity contribution in [3.63, 3.8) is 0 Å². The molecular weight excluding hydrogens is 1430 g/mol. The Balaban J connectivity index is 0.000000158. The second kappa shape index (κ2) is 31.2. The van der Waals surface area contributed by atoms with E-state index in [1.807, 2.05) is 72.8 Å². The molecule has 4 aromatic heterocycles. The van der Waals surface area contributed by atoms with E-state index >= 15 is 0 Å². The number of para-hydroxylation sites is 2. The van der Waals surface area contributed by atoms with Crippen LogP contribution in [0.2, 0.25) is 0 Å². The summed E-state index contributed by atoms with van der Waals surface area (Å²) in [5, 5.41) is 4.85. The molecule has 4 heterocycles. The van der Waals surface area contributed by atoms with Gasteiger partial charge in [-0.25, -0.2) is 29.9 Å². The summed E-state index contributed by atoms with van der Waals surface area (Å²) >= 11 is 0. The molecule has 0 bridgehead atoms. The first-order chi connectivity index (χ1) is 57.8. The Labute approximate surface area is 688 Å². The van der Waals surface area contributed by atoms with E-state index in [-0.39, 0.29) is 10.8 Å². The lowest BCUT2D eigenvalue weighted by Crippen LogP contribution is -2.10. The van der Waals surface area contributed by atoms with Gasteiger partial charge >= 0.3 is 0 Å². The Bertz CT molecular complexity index is 6830. The van der Waals surface area contributed by atoms with Crippen LogP contribution < -0.4 is 0 Å². The first kappa shape index (κ1) is 73.3. The van der Waals surface area contributed by atoms with Crippen LogP contribution in [0.4, 0.5) is 0 Å². The minimum absolute atomic E-state index is 0.0156. The SMILES string of the molecule is CC(C)(C)c1ccc2c(c1)c1cc(C(C)(C)C)ccc1n2-c1ccc(-c2ccc(-c3ccccc3)c(-c3ccccc3)c2)cc1-c1nc(-c2ccccc2)nc(-c2ccccc2)n1.c1ccc(-c2nc(-c3ccccc3)nc(-c3cc(-c4ccc(-c5ccccc5)c(-c5ccccc5)c4)ccc3-n3c4ccccc4c4ccccc43)n2)cc1. The maximum absolute atomic E-state index is 5.34. The predicted molar refractivity (Wildman–Crippen MR) is 491 cm³/mol. The normalized spacial score (nSPS) is 11.6. The van der Waals surface area contributed by atoms with Crippen molar-refractivity contribution in [1.82, 2.24) is 39.0 Å². The van der Waals surface area contributed by atoms with Gasteiger partial charge in [0.2, 0.25) is 0 Å². The lowest BCUT2D eigenvalue weighted by Gasteiger charge is -2.20. The van der Waals surface area contributed by atoms with Crippen molar-refractivity contribution < 1.29 is 0 Å².